The number of anilines is 1. The first-order valence-electron chi connectivity index (χ1n) is 11.0. The Kier molecular flexibility index (Phi) is 6.55. The number of ether oxygens (including phenoxy) is 2. The van der Waals surface area contributed by atoms with Gasteiger partial charge in [0, 0.05) is 42.9 Å². The van der Waals surface area contributed by atoms with E-state index in [1.54, 1.807) is 0 Å². The summed E-state index contributed by atoms with van der Waals surface area (Å²) in [6, 6.07) is 2.37. The number of rotatable bonds is 8. The fourth-order valence-electron chi connectivity index (χ4n) is 5.23. The van der Waals surface area contributed by atoms with E-state index in [-0.39, 0.29) is 17.3 Å². The number of nitrogens with two attached hydrogens (primary N) is 2. The molecule has 2 heterocycles. The zero-order chi connectivity index (χ0) is 22.1. The van der Waals surface area contributed by atoms with Crippen LogP contribution in [0.1, 0.15) is 32.3 Å². The molecular formula is C22H32F2N5O2+. The average molecular weight is 437 g/mol. The molecule has 0 bridgehead atoms. The van der Waals surface area contributed by atoms with Crippen molar-refractivity contribution >= 4 is 11.5 Å². The van der Waals surface area contributed by atoms with Gasteiger partial charge in [0.05, 0.1) is 25.0 Å². The highest BCUT2D eigenvalue weighted by Gasteiger charge is 2.60. The first-order valence-corrected chi connectivity index (χ1v) is 11.0. The molecule has 0 radical (unpaired) electrons. The number of allylic oxidation sites excluding steroid dienone is 2. The number of halogens is 2. The Labute approximate surface area is 181 Å². The minimum atomic E-state index is -2.99. The molecule has 1 aliphatic heterocycles. The van der Waals surface area contributed by atoms with E-state index >= 15 is 0 Å². The van der Waals surface area contributed by atoms with Gasteiger partial charge in [-0.2, -0.15) is 8.78 Å². The number of nitrogens with one attached hydrogen (secondary N) is 1. The third-order valence-corrected chi connectivity index (χ3v) is 6.61. The molecule has 4 rings (SSSR count). The van der Waals surface area contributed by atoms with Crippen molar-refractivity contribution < 1.29 is 23.6 Å². The summed E-state index contributed by atoms with van der Waals surface area (Å²) in [5, 5.41) is 10.8. The number of aromatic nitrogens is 1. The van der Waals surface area contributed by atoms with Crippen LogP contribution in [0.15, 0.2) is 24.0 Å². The minimum Gasteiger partial charge on any atom is -0.431 e. The third kappa shape index (κ3) is 5.05. The molecule has 2 aliphatic carbocycles. The second-order valence-electron chi connectivity index (χ2n) is 9.08. The van der Waals surface area contributed by atoms with Crippen LogP contribution in [-0.2, 0) is 4.74 Å². The topological polar surface area (TPSA) is 101 Å². The van der Waals surface area contributed by atoms with Crippen LogP contribution in [0.3, 0.4) is 0 Å². The van der Waals surface area contributed by atoms with Crippen molar-refractivity contribution in [2.24, 2.45) is 17.8 Å². The smallest absolute Gasteiger partial charge is 0.387 e. The molecule has 3 fully saturated rings. The predicted octanol–water partition coefficient (Wildman–Crippen LogP) is 1.85. The second kappa shape index (κ2) is 9.18. The summed E-state index contributed by atoms with van der Waals surface area (Å²) >= 11 is 0. The molecule has 0 spiro atoms. The molecule has 2 saturated carbocycles. The molecule has 1 aromatic rings. The molecule has 5 N–H and O–H groups in total. The van der Waals surface area contributed by atoms with Gasteiger partial charge in [-0.15, -0.1) is 0 Å². The van der Waals surface area contributed by atoms with Crippen LogP contribution < -0.4 is 15.8 Å². The molecule has 0 amide bonds. The molecule has 1 saturated heterocycles. The first-order chi connectivity index (χ1) is 14.8. The van der Waals surface area contributed by atoms with E-state index in [4.69, 9.17) is 15.9 Å². The van der Waals surface area contributed by atoms with Crippen molar-refractivity contribution in [1.82, 2.24) is 9.88 Å². The molecule has 170 valence electrons. The Bertz CT molecular complexity index is 829. The van der Waals surface area contributed by atoms with Crippen LogP contribution in [0.2, 0.25) is 0 Å². The summed E-state index contributed by atoms with van der Waals surface area (Å²) in [5.74, 6) is 1.48. The molecule has 2 unspecified atom stereocenters. The first kappa shape index (κ1) is 22.1. The van der Waals surface area contributed by atoms with Gasteiger partial charge >= 0.3 is 6.61 Å². The van der Waals surface area contributed by atoms with Gasteiger partial charge in [-0.05, 0) is 44.6 Å². The van der Waals surface area contributed by atoms with E-state index in [1.807, 2.05) is 6.08 Å². The number of nitrogen functional groups attached to an aromatic ring is 1. The Morgan fingerprint density at radius 2 is 2.00 bits per heavy atom. The van der Waals surface area contributed by atoms with Crippen LogP contribution in [0.4, 0.5) is 14.6 Å². The summed E-state index contributed by atoms with van der Waals surface area (Å²) < 4.78 is 35.1. The number of pyridine rings is 1. The number of alkyl halides is 2. The number of nitrogens with zero attached hydrogens (tertiary/aromatic N) is 2. The molecule has 4 atom stereocenters. The Morgan fingerprint density at radius 1 is 1.32 bits per heavy atom. The number of morpholine rings is 1. The molecule has 31 heavy (non-hydrogen) atoms. The van der Waals surface area contributed by atoms with Gasteiger partial charge in [-0.25, -0.2) is 4.98 Å². The lowest BCUT2D eigenvalue weighted by atomic mass is 10.0. The fourth-order valence-corrected chi connectivity index (χ4v) is 5.23. The van der Waals surface area contributed by atoms with Crippen LogP contribution in [0.25, 0.3) is 0 Å². The maximum atomic E-state index is 12.6. The molecule has 9 heteroatoms. The number of hydrogen-bond acceptors (Lipinski definition) is 6. The third-order valence-electron chi connectivity index (χ3n) is 6.61. The highest BCUT2D eigenvalue weighted by atomic mass is 19.3. The van der Waals surface area contributed by atoms with Crippen LogP contribution in [0, 0.1) is 23.2 Å². The van der Waals surface area contributed by atoms with Gasteiger partial charge in [0.25, 0.3) is 0 Å². The van der Waals surface area contributed by atoms with Crippen molar-refractivity contribution in [3.63, 3.8) is 0 Å². The SMILES string of the molecule is CC(C)[NH2+]/C(=C\C(=N)c1cnc(N)c(OC(F)F)c1)C1[C@H]2CC(N3CCOCC3)C[C@@H]12. The standard InChI is InChI=1S/C22H31F2N5O2/c1-12(2)28-18(10-17(25)13-7-19(31-22(23)24)21(26)27-11-13)20-15-8-14(9-16(15)20)29-3-5-30-6-4-29/h7,10-12,14-16,20,22,25,28H,3-6,8-9H2,1-2H3,(H2,26,27)/p+1/b18-10-,25-17?/t14?,15-,16+,20?. The summed E-state index contributed by atoms with van der Waals surface area (Å²) in [6.45, 7) is 4.97. The van der Waals surface area contributed by atoms with Crippen molar-refractivity contribution in [1.29, 1.82) is 5.41 Å². The van der Waals surface area contributed by atoms with Crippen molar-refractivity contribution in [3.05, 3.63) is 29.6 Å². The van der Waals surface area contributed by atoms with Crippen LogP contribution >= 0.6 is 0 Å². The molecular weight excluding hydrogens is 404 g/mol. The maximum absolute atomic E-state index is 12.6. The lowest BCUT2D eigenvalue weighted by molar-refractivity contribution is -0.640. The molecule has 7 nitrogen and oxygen atoms in total. The van der Waals surface area contributed by atoms with Crippen LogP contribution in [0.5, 0.6) is 5.75 Å². The van der Waals surface area contributed by atoms with Gasteiger partial charge in [0.1, 0.15) is 5.70 Å². The number of quaternary nitrogens is 1. The van der Waals surface area contributed by atoms with Gasteiger partial charge in [-0.3, -0.25) is 10.3 Å². The molecule has 3 aliphatic rings. The van der Waals surface area contributed by atoms with E-state index in [9.17, 15) is 8.78 Å². The highest BCUT2D eigenvalue weighted by Crippen LogP contribution is 2.60. The van der Waals surface area contributed by atoms with E-state index in [0.29, 0.717) is 35.4 Å². The zero-order valence-electron chi connectivity index (χ0n) is 18.1. The largest absolute Gasteiger partial charge is 0.431 e. The lowest BCUT2D eigenvalue weighted by Gasteiger charge is -2.33. The van der Waals surface area contributed by atoms with Crippen molar-refractivity contribution in [2.75, 3.05) is 32.0 Å². The summed E-state index contributed by atoms with van der Waals surface area (Å²) in [5.41, 5.74) is 7.44. The Hall–Kier alpha value is -2.10. The zero-order valence-corrected chi connectivity index (χ0v) is 18.1. The summed E-state index contributed by atoms with van der Waals surface area (Å²) in [4.78, 5) is 6.49. The van der Waals surface area contributed by atoms with Gasteiger partial charge < -0.3 is 20.5 Å². The Balaban J connectivity index is 1.46. The maximum Gasteiger partial charge on any atom is 0.387 e. The normalized spacial score (nSPS) is 28.8. The van der Waals surface area contributed by atoms with Gasteiger partial charge in [0.2, 0.25) is 0 Å². The fraction of sp³-hybridized carbons (Fsp3) is 0.636. The van der Waals surface area contributed by atoms with E-state index in [2.05, 4.69) is 33.8 Å². The molecule has 0 aromatic carbocycles. The van der Waals surface area contributed by atoms with Crippen LogP contribution in [-0.4, -0.2) is 60.6 Å². The quantitative estimate of drug-likeness (QED) is 0.540. The van der Waals surface area contributed by atoms with Gasteiger partial charge in [-0.1, -0.05) is 0 Å². The van der Waals surface area contributed by atoms with Gasteiger partial charge in [0.15, 0.2) is 11.6 Å². The van der Waals surface area contributed by atoms with E-state index < -0.39 is 6.61 Å². The average Bonchev–Trinajstić information content (AvgIpc) is 3.22. The second-order valence-corrected chi connectivity index (χ2v) is 9.08. The lowest BCUT2D eigenvalue weighted by Crippen LogP contribution is -2.87. The number of hydrogen-bond donors (Lipinski definition) is 3. The minimum absolute atomic E-state index is 0.110. The van der Waals surface area contributed by atoms with E-state index in [1.165, 1.54) is 30.8 Å². The predicted molar refractivity (Wildman–Crippen MR) is 113 cm³/mol. The monoisotopic (exact) mass is 436 g/mol. The summed E-state index contributed by atoms with van der Waals surface area (Å²) in [7, 11) is 0. The summed E-state index contributed by atoms with van der Waals surface area (Å²) in [6.07, 6.45) is 5.69. The van der Waals surface area contributed by atoms with Crippen molar-refractivity contribution in [3.8, 4) is 5.75 Å². The van der Waals surface area contributed by atoms with E-state index in [0.717, 1.165) is 26.3 Å². The Morgan fingerprint density at radius 3 is 2.61 bits per heavy atom. The highest BCUT2D eigenvalue weighted by molar-refractivity contribution is 6.07. The van der Waals surface area contributed by atoms with Crippen molar-refractivity contribution in [2.45, 2.75) is 45.4 Å². The number of fused-ring (bicyclic) bond motifs is 1. The molecule has 1 aromatic heterocycles.